The molecule has 0 aromatic carbocycles. The van der Waals surface area contributed by atoms with Crippen molar-refractivity contribution in [3.63, 3.8) is 0 Å². The van der Waals surface area contributed by atoms with E-state index in [1.807, 2.05) is 13.0 Å². The summed E-state index contributed by atoms with van der Waals surface area (Å²) in [4.78, 5) is 15.3. The molecule has 1 N–H and O–H groups in total. The predicted octanol–water partition coefficient (Wildman–Crippen LogP) is 2.03. The van der Waals surface area contributed by atoms with Crippen LogP contribution in [0.1, 0.15) is 16.1 Å². The monoisotopic (exact) mass is 247 g/mol. The number of pyridine rings is 1. The van der Waals surface area contributed by atoms with E-state index in [-0.39, 0.29) is 5.69 Å². The number of carbonyl (C=O) groups is 1. The lowest BCUT2D eigenvalue weighted by molar-refractivity contribution is 0.0690. The average Bonchev–Trinajstić information content (AvgIpc) is 2.29. The van der Waals surface area contributed by atoms with Gasteiger partial charge in [-0.25, -0.2) is 9.78 Å². The summed E-state index contributed by atoms with van der Waals surface area (Å²) in [7, 11) is 0. The molecule has 0 unspecified atom stereocenters. The Bertz CT molecular complexity index is 560. The van der Waals surface area contributed by atoms with Gasteiger partial charge in [-0.2, -0.15) is 5.10 Å². The van der Waals surface area contributed by atoms with Gasteiger partial charge in [0.05, 0.1) is 6.20 Å². The van der Waals surface area contributed by atoms with Crippen molar-refractivity contribution < 1.29 is 9.90 Å². The molecule has 0 atom stereocenters. The van der Waals surface area contributed by atoms with E-state index < -0.39 is 5.97 Å². The van der Waals surface area contributed by atoms with Gasteiger partial charge in [0.2, 0.25) is 0 Å². The lowest BCUT2D eigenvalue weighted by atomic mass is 10.3. The number of nitrogens with zero attached hydrogens (tertiary/aromatic N) is 3. The topological polar surface area (TPSA) is 76.0 Å². The van der Waals surface area contributed by atoms with Gasteiger partial charge >= 0.3 is 5.97 Å². The van der Waals surface area contributed by atoms with E-state index >= 15 is 0 Å². The number of rotatable bonds is 3. The second-order valence-electron chi connectivity index (χ2n) is 3.36. The molecule has 2 heterocycles. The van der Waals surface area contributed by atoms with Crippen LogP contribution in [0.15, 0.2) is 40.5 Å². The Balaban J connectivity index is 2.24. The molecule has 0 fully saturated rings. The number of hydrogen-bond donors (Lipinski definition) is 1. The van der Waals surface area contributed by atoms with Gasteiger partial charge in [0, 0.05) is 11.1 Å². The van der Waals surface area contributed by atoms with Gasteiger partial charge in [-0.3, -0.25) is 0 Å². The zero-order valence-electron chi connectivity index (χ0n) is 8.99. The molecule has 6 heteroatoms. The summed E-state index contributed by atoms with van der Waals surface area (Å²) in [6.45, 7) is 1.92. The summed E-state index contributed by atoms with van der Waals surface area (Å²) in [5.74, 6) is -1.04. The van der Waals surface area contributed by atoms with Crippen molar-refractivity contribution in [2.75, 3.05) is 0 Å². The molecule has 2 aromatic heterocycles. The molecule has 0 aliphatic heterocycles. The number of aryl methyl sites for hydroxylation is 1. The number of carboxylic acids is 1. The van der Waals surface area contributed by atoms with Crippen molar-refractivity contribution in [2.45, 2.75) is 16.8 Å². The van der Waals surface area contributed by atoms with Crippen LogP contribution in [-0.2, 0) is 0 Å². The molecule has 0 aliphatic rings. The first-order valence-electron chi connectivity index (χ1n) is 4.81. The highest BCUT2D eigenvalue weighted by Gasteiger charge is 2.06. The Hall–Kier alpha value is -1.95. The molecule has 0 amide bonds. The second kappa shape index (κ2) is 4.92. The maximum absolute atomic E-state index is 10.8. The smallest absolute Gasteiger partial charge is 0.354 e. The summed E-state index contributed by atoms with van der Waals surface area (Å²) in [5, 5.41) is 17.3. The third-order valence-electron chi connectivity index (χ3n) is 1.94. The number of carboxylic acid groups (broad SMARTS) is 1. The molecule has 86 valence electrons. The van der Waals surface area contributed by atoms with Crippen LogP contribution in [0.4, 0.5) is 0 Å². The highest BCUT2D eigenvalue weighted by molar-refractivity contribution is 7.99. The molecule has 2 aromatic rings. The van der Waals surface area contributed by atoms with E-state index in [9.17, 15) is 4.79 Å². The van der Waals surface area contributed by atoms with Crippen LogP contribution in [0.5, 0.6) is 0 Å². The normalized spacial score (nSPS) is 10.2. The fourth-order valence-electron chi connectivity index (χ4n) is 1.20. The summed E-state index contributed by atoms with van der Waals surface area (Å²) in [5.41, 5.74) is 1.03. The lowest BCUT2D eigenvalue weighted by Crippen LogP contribution is -1.99. The van der Waals surface area contributed by atoms with Crippen LogP contribution < -0.4 is 0 Å². The second-order valence-corrected chi connectivity index (χ2v) is 4.45. The summed E-state index contributed by atoms with van der Waals surface area (Å²) in [6.07, 6.45) is 3.13. The SMILES string of the molecule is Cc1cnnc(Sc2ccnc(C(=O)O)c2)c1. The van der Waals surface area contributed by atoms with E-state index in [2.05, 4.69) is 15.2 Å². The average molecular weight is 247 g/mol. The van der Waals surface area contributed by atoms with Gasteiger partial charge < -0.3 is 5.11 Å². The van der Waals surface area contributed by atoms with E-state index in [1.165, 1.54) is 24.0 Å². The van der Waals surface area contributed by atoms with Gasteiger partial charge in [-0.1, -0.05) is 11.8 Å². The number of aromatic nitrogens is 3. The van der Waals surface area contributed by atoms with Crippen LogP contribution in [0.2, 0.25) is 0 Å². The van der Waals surface area contributed by atoms with E-state index in [4.69, 9.17) is 5.11 Å². The van der Waals surface area contributed by atoms with Gasteiger partial charge in [0.25, 0.3) is 0 Å². The Morgan fingerprint density at radius 3 is 2.94 bits per heavy atom. The molecule has 0 bridgehead atoms. The molecule has 0 saturated carbocycles. The number of aromatic carboxylic acids is 1. The van der Waals surface area contributed by atoms with Crippen LogP contribution >= 0.6 is 11.8 Å². The first-order valence-corrected chi connectivity index (χ1v) is 5.63. The third-order valence-corrected chi connectivity index (χ3v) is 2.84. The van der Waals surface area contributed by atoms with Gasteiger partial charge in [-0.05, 0) is 30.7 Å². The minimum atomic E-state index is -1.04. The van der Waals surface area contributed by atoms with Crippen LogP contribution in [0.3, 0.4) is 0 Å². The molecule has 0 spiro atoms. The molecule has 17 heavy (non-hydrogen) atoms. The summed E-state index contributed by atoms with van der Waals surface area (Å²) in [6, 6.07) is 5.14. The maximum Gasteiger partial charge on any atom is 0.354 e. The Morgan fingerprint density at radius 2 is 2.24 bits per heavy atom. The van der Waals surface area contributed by atoms with Crippen molar-refractivity contribution >= 4 is 17.7 Å². The molecular weight excluding hydrogens is 238 g/mol. The molecule has 5 nitrogen and oxygen atoms in total. The molecular formula is C11H9N3O2S. The minimum absolute atomic E-state index is 0.0237. The molecule has 0 radical (unpaired) electrons. The lowest BCUT2D eigenvalue weighted by Gasteiger charge is -2.01. The summed E-state index contributed by atoms with van der Waals surface area (Å²) < 4.78 is 0. The zero-order valence-corrected chi connectivity index (χ0v) is 9.81. The maximum atomic E-state index is 10.8. The van der Waals surface area contributed by atoms with E-state index in [0.717, 1.165) is 15.5 Å². The van der Waals surface area contributed by atoms with E-state index in [0.29, 0.717) is 0 Å². The van der Waals surface area contributed by atoms with Gasteiger partial charge in [0.1, 0.15) is 10.7 Å². The largest absolute Gasteiger partial charge is 0.477 e. The fourth-order valence-corrected chi connectivity index (χ4v) is 2.07. The quantitative estimate of drug-likeness (QED) is 0.894. The Kier molecular flexibility index (Phi) is 3.34. The first kappa shape index (κ1) is 11.5. The Morgan fingerprint density at radius 1 is 1.41 bits per heavy atom. The first-order chi connectivity index (χ1) is 8.15. The standard InChI is InChI=1S/C11H9N3O2S/c1-7-4-10(14-13-6-7)17-8-2-3-12-9(5-8)11(15)16/h2-6H,1H3,(H,15,16). The summed E-state index contributed by atoms with van der Waals surface area (Å²) >= 11 is 1.36. The number of hydrogen-bond acceptors (Lipinski definition) is 5. The fraction of sp³-hybridized carbons (Fsp3) is 0.0909. The predicted molar refractivity (Wildman–Crippen MR) is 62.1 cm³/mol. The van der Waals surface area contributed by atoms with Crippen LogP contribution in [0, 0.1) is 6.92 Å². The van der Waals surface area contributed by atoms with Gasteiger partial charge in [0.15, 0.2) is 0 Å². The third kappa shape index (κ3) is 3.01. The van der Waals surface area contributed by atoms with Crippen molar-refractivity contribution in [2.24, 2.45) is 0 Å². The molecule has 2 rings (SSSR count). The van der Waals surface area contributed by atoms with Crippen molar-refractivity contribution in [3.05, 3.63) is 41.9 Å². The highest BCUT2D eigenvalue weighted by atomic mass is 32.2. The van der Waals surface area contributed by atoms with Crippen LogP contribution in [-0.4, -0.2) is 26.3 Å². The molecule has 0 aliphatic carbocycles. The van der Waals surface area contributed by atoms with E-state index in [1.54, 1.807) is 12.3 Å². The van der Waals surface area contributed by atoms with Crippen molar-refractivity contribution in [1.29, 1.82) is 0 Å². The molecule has 0 saturated heterocycles. The minimum Gasteiger partial charge on any atom is -0.477 e. The van der Waals surface area contributed by atoms with Crippen LogP contribution in [0.25, 0.3) is 0 Å². The Labute approximate surface area is 102 Å². The highest BCUT2D eigenvalue weighted by Crippen LogP contribution is 2.25. The van der Waals surface area contributed by atoms with Crippen molar-refractivity contribution in [1.82, 2.24) is 15.2 Å². The zero-order chi connectivity index (χ0) is 12.3. The van der Waals surface area contributed by atoms with Gasteiger partial charge in [-0.15, -0.1) is 5.10 Å². The van der Waals surface area contributed by atoms with Crippen molar-refractivity contribution in [3.8, 4) is 0 Å².